The van der Waals surface area contributed by atoms with Gasteiger partial charge in [0.2, 0.25) is 0 Å². The van der Waals surface area contributed by atoms with E-state index >= 15 is 0 Å². The first-order valence-corrected chi connectivity index (χ1v) is 8.05. The van der Waals surface area contributed by atoms with Gasteiger partial charge in [0.15, 0.2) is 0 Å². The summed E-state index contributed by atoms with van der Waals surface area (Å²) < 4.78 is 0. The Morgan fingerprint density at radius 3 is 2.45 bits per heavy atom. The number of thioether (sulfide) groups is 1. The second-order valence-electron chi connectivity index (χ2n) is 4.60. The van der Waals surface area contributed by atoms with Crippen molar-refractivity contribution in [2.24, 2.45) is 0 Å². The Balaban J connectivity index is 1.70. The highest BCUT2D eigenvalue weighted by Crippen LogP contribution is 2.26. The van der Waals surface area contributed by atoms with Gasteiger partial charge in [0, 0.05) is 11.3 Å². The molecule has 0 atom stereocenters. The second-order valence-corrected chi connectivity index (χ2v) is 6.02. The van der Waals surface area contributed by atoms with Crippen molar-refractivity contribution in [2.75, 3.05) is 5.75 Å². The molecule has 0 saturated heterocycles. The normalized spacial score (nSPS) is 10.4. The molecule has 0 unspecified atom stereocenters. The molecular formula is C17H17ClOS. The van der Waals surface area contributed by atoms with Crippen LogP contribution < -0.4 is 0 Å². The summed E-state index contributed by atoms with van der Waals surface area (Å²) in [5.41, 5.74) is 1.29. The van der Waals surface area contributed by atoms with Crippen LogP contribution in [0.1, 0.15) is 18.4 Å². The van der Waals surface area contributed by atoms with E-state index in [1.165, 1.54) is 17.3 Å². The van der Waals surface area contributed by atoms with Crippen LogP contribution in [0.4, 0.5) is 0 Å². The molecule has 20 heavy (non-hydrogen) atoms. The van der Waals surface area contributed by atoms with Crippen LogP contribution in [0.5, 0.6) is 0 Å². The molecule has 0 aliphatic carbocycles. The highest BCUT2D eigenvalue weighted by molar-refractivity contribution is 8.00. The van der Waals surface area contributed by atoms with Crippen molar-refractivity contribution in [3.63, 3.8) is 0 Å². The molecule has 0 radical (unpaired) electrons. The van der Waals surface area contributed by atoms with Crippen molar-refractivity contribution in [2.45, 2.75) is 24.2 Å². The third-order valence-electron chi connectivity index (χ3n) is 2.99. The van der Waals surface area contributed by atoms with Crippen molar-refractivity contribution >= 4 is 29.1 Å². The number of halogens is 1. The fraction of sp³-hybridized carbons (Fsp3) is 0.235. The van der Waals surface area contributed by atoms with Gasteiger partial charge in [-0.1, -0.05) is 54.1 Å². The number of hydrogen-bond donors (Lipinski definition) is 0. The summed E-state index contributed by atoms with van der Waals surface area (Å²) in [7, 11) is 0. The maximum absolute atomic E-state index is 11.9. The average molecular weight is 305 g/mol. The summed E-state index contributed by atoms with van der Waals surface area (Å²) in [6.07, 6.45) is 2.50. The smallest absolute Gasteiger partial charge is 0.143 e. The minimum absolute atomic E-state index is 0.283. The first-order chi connectivity index (χ1) is 9.75. The molecule has 0 fully saturated rings. The van der Waals surface area contributed by atoms with E-state index in [1.54, 1.807) is 0 Å². The van der Waals surface area contributed by atoms with Crippen LogP contribution in [0.15, 0.2) is 59.5 Å². The van der Waals surface area contributed by atoms with Crippen LogP contribution in [-0.4, -0.2) is 11.5 Å². The van der Waals surface area contributed by atoms with E-state index < -0.39 is 0 Å². The number of Topliss-reactive ketones (excluding diaryl/α,β-unsaturated/α-hetero) is 1. The lowest BCUT2D eigenvalue weighted by Gasteiger charge is -2.04. The van der Waals surface area contributed by atoms with Crippen LogP contribution in [0, 0.1) is 0 Å². The number of aryl methyl sites for hydroxylation is 1. The minimum Gasteiger partial charge on any atom is -0.299 e. The Kier molecular flexibility index (Phi) is 6.16. The SMILES string of the molecule is O=C(CCCc1ccccc1)CSc1ccccc1Cl. The van der Waals surface area contributed by atoms with Gasteiger partial charge in [-0.15, -0.1) is 11.8 Å². The molecule has 0 aliphatic rings. The number of hydrogen-bond acceptors (Lipinski definition) is 2. The van der Waals surface area contributed by atoms with Gasteiger partial charge in [-0.3, -0.25) is 4.79 Å². The molecule has 2 aromatic rings. The molecule has 104 valence electrons. The molecule has 2 rings (SSSR count). The van der Waals surface area contributed by atoms with E-state index in [1.807, 2.05) is 42.5 Å². The van der Waals surface area contributed by atoms with Gasteiger partial charge in [0.25, 0.3) is 0 Å². The van der Waals surface area contributed by atoms with E-state index in [-0.39, 0.29) is 5.78 Å². The zero-order valence-electron chi connectivity index (χ0n) is 11.2. The number of rotatable bonds is 7. The molecule has 0 spiro atoms. The van der Waals surface area contributed by atoms with Crippen molar-refractivity contribution in [3.05, 3.63) is 65.2 Å². The predicted octanol–water partition coefficient (Wildman–Crippen LogP) is 5.02. The number of carbonyl (C=O) groups excluding carboxylic acids is 1. The molecular weight excluding hydrogens is 288 g/mol. The van der Waals surface area contributed by atoms with Gasteiger partial charge in [-0.05, 0) is 30.5 Å². The summed E-state index contributed by atoms with van der Waals surface area (Å²) in [5, 5.41) is 0.717. The van der Waals surface area contributed by atoms with Crippen LogP contribution in [0.25, 0.3) is 0 Å². The lowest BCUT2D eigenvalue weighted by Crippen LogP contribution is -2.02. The van der Waals surface area contributed by atoms with E-state index in [4.69, 9.17) is 11.6 Å². The van der Waals surface area contributed by atoms with E-state index in [2.05, 4.69) is 12.1 Å². The fourth-order valence-electron chi connectivity index (χ4n) is 1.93. The van der Waals surface area contributed by atoms with E-state index in [9.17, 15) is 4.79 Å². The van der Waals surface area contributed by atoms with E-state index in [0.29, 0.717) is 12.2 Å². The molecule has 0 heterocycles. The molecule has 0 amide bonds. The van der Waals surface area contributed by atoms with Crippen molar-refractivity contribution in [1.29, 1.82) is 0 Å². The van der Waals surface area contributed by atoms with Gasteiger partial charge in [-0.2, -0.15) is 0 Å². The summed E-state index contributed by atoms with van der Waals surface area (Å²) in [5.74, 6) is 0.782. The molecule has 3 heteroatoms. The van der Waals surface area contributed by atoms with Crippen LogP contribution >= 0.6 is 23.4 Å². The molecule has 0 bridgehead atoms. The summed E-state index contributed by atoms with van der Waals surface area (Å²) in [4.78, 5) is 12.8. The zero-order valence-corrected chi connectivity index (χ0v) is 12.8. The standard InChI is InChI=1S/C17H17ClOS/c18-16-11-4-5-12-17(16)20-13-15(19)10-6-9-14-7-2-1-3-8-14/h1-5,7-8,11-12H,6,9-10,13H2. The van der Waals surface area contributed by atoms with Gasteiger partial charge in [0.1, 0.15) is 5.78 Å². The van der Waals surface area contributed by atoms with E-state index in [0.717, 1.165) is 22.8 Å². The maximum Gasteiger partial charge on any atom is 0.143 e. The largest absolute Gasteiger partial charge is 0.299 e. The Hall–Kier alpha value is -1.25. The average Bonchev–Trinajstić information content (AvgIpc) is 2.47. The van der Waals surface area contributed by atoms with Crippen LogP contribution in [0.2, 0.25) is 5.02 Å². The Morgan fingerprint density at radius 1 is 1.00 bits per heavy atom. The summed E-state index contributed by atoms with van der Waals surface area (Å²) >= 11 is 7.58. The maximum atomic E-state index is 11.9. The Bertz CT molecular complexity index is 554. The number of ketones is 1. The van der Waals surface area contributed by atoms with Crippen molar-refractivity contribution in [1.82, 2.24) is 0 Å². The van der Waals surface area contributed by atoms with Crippen molar-refractivity contribution < 1.29 is 4.79 Å². The second kappa shape index (κ2) is 8.13. The van der Waals surface area contributed by atoms with Gasteiger partial charge >= 0.3 is 0 Å². The van der Waals surface area contributed by atoms with Crippen LogP contribution in [0.3, 0.4) is 0 Å². The fourth-order valence-corrected chi connectivity index (χ4v) is 3.07. The molecule has 2 aromatic carbocycles. The monoisotopic (exact) mass is 304 g/mol. The molecule has 0 saturated carbocycles. The van der Waals surface area contributed by atoms with Gasteiger partial charge in [0.05, 0.1) is 10.8 Å². The minimum atomic E-state index is 0.283. The third-order valence-corrected chi connectivity index (χ3v) is 4.56. The number of carbonyl (C=O) groups is 1. The van der Waals surface area contributed by atoms with Crippen molar-refractivity contribution in [3.8, 4) is 0 Å². The van der Waals surface area contributed by atoms with Gasteiger partial charge in [-0.25, -0.2) is 0 Å². The lowest BCUT2D eigenvalue weighted by molar-refractivity contribution is -0.116. The van der Waals surface area contributed by atoms with Crippen LogP contribution in [-0.2, 0) is 11.2 Å². The first kappa shape index (κ1) is 15.1. The third kappa shape index (κ3) is 5.03. The molecule has 0 N–H and O–H groups in total. The highest BCUT2D eigenvalue weighted by Gasteiger charge is 2.05. The van der Waals surface area contributed by atoms with Gasteiger partial charge < -0.3 is 0 Å². The highest BCUT2D eigenvalue weighted by atomic mass is 35.5. The predicted molar refractivity (Wildman–Crippen MR) is 86.6 cm³/mol. The Morgan fingerprint density at radius 2 is 1.70 bits per heavy atom. The lowest BCUT2D eigenvalue weighted by atomic mass is 10.1. The summed E-state index contributed by atoms with van der Waals surface area (Å²) in [6, 6.07) is 17.9. The topological polar surface area (TPSA) is 17.1 Å². The molecule has 0 aromatic heterocycles. The zero-order chi connectivity index (χ0) is 14.2. The number of benzene rings is 2. The quantitative estimate of drug-likeness (QED) is 0.668. The first-order valence-electron chi connectivity index (χ1n) is 6.68. The molecule has 1 nitrogen and oxygen atoms in total. The molecule has 0 aliphatic heterocycles. The summed E-state index contributed by atoms with van der Waals surface area (Å²) in [6.45, 7) is 0. The Labute approximate surface area is 129 Å².